The van der Waals surface area contributed by atoms with E-state index in [9.17, 15) is 19.7 Å². The summed E-state index contributed by atoms with van der Waals surface area (Å²) in [4.78, 5) is 34.0. The lowest BCUT2D eigenvalue weighted by Gasteiger charge is -2.19. The Kier molecular flexibility index (Phi) is 6.71. The van der Waals surface area contributed by atoms with Crippen molar-refractivity contribution in [2.24, 2.45) is 0 Å². The minimum Gasteiger partial charge on any atom is -0.480 e. The van der Waals surface area contributed by atoms with Gasteiger partial charge in [-0.25, -0.2) is 0 Å². The molecule has 0 fully saturated rings. The highest BCUT2D eigenvalue weighted by molar-refractivity contribution is 5.82. The van der Waals surface area contributed by atoms with E-state index in [1.807, 2.05) is 0 Å². The lowest BCUT2D eigenvalue weighted by atomic mass is 10.2. The van der Waals surface area contributed by atoms with Gasteiger partial charge in [0.25, 0.3) is 5.69 Å². The van der Waals surface area contributed by atoms with Gasteiger partial charge in [0.2, 0.25) is 5.91 Å². The summed E-state index contributed by atoms with van der Waals surface area (Å²) in [5.74, 6) is -1.56. The lowest BCUT2D eigenvalue weighted by Crippen LogP contribution is -2.39. The fraction of sp³-hybridized carbons (Fsp3) is 0.286. The number of nitro benzene ring substituents is 1. The van der Waals surface area contributed by atoms with Gasteiger partial charge in [-0.05, 0) is 5.56 Å². The van der Waals surface area contributed by atoms with Crippen molar-refractivity contribution in [1.82, 2.24) is 10.2 Å². The van der Waals surface area contributed by atoms with Crippen molar-refractivity contribution in [3.05, 3.63) is 52.6 Å². The number of nitrogens with zero attached hydrogens (tertiary/aromatic N) is 2. The number of rotatable bonds is 9. The third-order valence-electron chi connectivity index (χ3n) is 2.72. The van der Waals surface area contributed by atoms with E-state index in [2.05, 4.69) is 11.9 Å². The highest BCUT2D eigenvalue weighted by Crippen LogP contribution is 2.14. The lowest BCUT2D eigenvalue weighted by molar-refractivity contribution is -0.384. The summed E-state index contributed by atoms with van der Waals surface area (Å²) in [5, 5.41) is 21.5. The van der Waals surface area contributed by atoms with Crippen molar-refractivity contribution >= 4 is 17.6 Å². The van der Waals surface area contributed by atoms with Gasteiger partial charge < -0.3 is 10.4 Å². The summed E-state index contributed by atoms with van der Waals surface area (Å²) >= 11 is 0. The molecule has 0 heterocycles. The molecule has 1 amide bonds. The van der Waals surface area contributed by atoms with Crippen molar-refractivity contribution in [1.29, 1.82) is 0 Å². The summed E-state index contributed by atoms with van der Waals surface area (Å²) in [6.07, 6.45) is 1.60. The van der Waals surface area contributed by atoms with Crippen LogP contribution in [0.15, 0.2) is 36.9 Å². The minimum absolute atomic E-state index is 0.0219. The number of hydrogen-bond acceptors (Lipinski definition) is 5. The maximum atomic E-state index is 11.6. The first kappa shape index (κ1) is 17.3. The van der Waals surface area contributed by atoms with E-state index in [4.69, 9.17) is 5.11 Å². The van der Waals surface area contributed by atoms with Crippen molar-refractivity contribution in [3.8, 4) is 0 Å². The Morgan fingerprint density at radius 1 is 1.45 bits per heavy atom. The average molecular weight is 307 g/mol. The molecule has 118 valence electrons. The van der Waals surface area contributed by atoms with E-state index in [0.717, 1.165) is 0 Å². The molecule has 0 unspecified atom stereocenters. The van der Waals surface area contributed by atoms with E-state index >= 15 is 0 Å². The number of nitro groups is 1. The Bertz CT molecular complexity index is 573. The number of hydrogen-bond donors (Lipinski definition) is 2. The molecule has 0 saturated heterocycles. The summed E-state index contributed by atoms with van der Waals surface area (Å²) in [6, 6.07) is 6.12. The average Bonchev–Trinajstić information content (AvgIpc) is 2.45. The Morgan fingerprint density at radius 2 is 2.18 bits per heavy atom. The van der Waals surface area contributed by atoms with Crippen LogP contribution in [0, 0.1) is 10.1 Å². The number of non-ortho nitro benzene ring substituents is 1. The predicted octanol–water partition coefficient (Wildman–Crippen LogP) is 0.784. The minimum atomic E-state index is -1.12. The number of carbonyl (C=O) groups is 2. The van der Waals surface area contributed by atoms with Crippen molar-refractivity contribution < 1.29 is 19.6 Å². The molecule has 0 spiro atoms. The summed E-state index contributed by atoms with van der Waals surface area (Å²) in [6.45, 7) is 3.83. The second-order valence-corrected chi connectivity index (χ2v) is 4.56. The zero-order valence-corrected chi connectivity index (χ0v) is 11.9. The van der Waals surface area contributed by atoms with Crippen LogP contribution in [0.25, 0.3) is 0 Å². The molecule has 0 aliphatic heterocycles. The molecule has 0 aliphatic rings. The first-order valence-corrected chi connectivity index (χ1v) is 6.47. The molecular formula is C14H17N3O5. The van der Waals surface area contributed by atoms with E-state index in [1.165, 1.54) is 12.1 Å². The van der Waals surface area contributed by atoms with Crippen molar-refractivity contribution in [3.63, 3.8) is 0 Å². The molecule has 22 heavy (non-hydrogen) atoms. The Balaban J connectivity index is 2.69. The van der Waals surface area contributed by atoms with E-state index in [1.54, 1.807) is 23.1 Å². The first-order valence-electron chi connectivity index (χ1n) is 6.47. The van der Waals surface area contributed by atoms with Gasteiger partial charge in [-0.15, -0.1) is 6.58 Å². The summed E-state index contributed by atoms with van der Waals surface area (Å²) < 4.78 is 0. The molecule has 1 aromatic carbocycles. The van der Waals surface area contributed by atoms with Crippen LogP contribution in [0.5, 0.6) is 0 Å². The van der Waals surface area contributed by atoms with Gasteiger partial charge in [0.05, 0.1) is 11.5 Å². The second kappa shape index (κ2) is 8.53. The molecule has 1 rings (SSSR count). The maximum Gasteiger partial charge on any atom is 0.322 e. The molecule has 0 saturated carbocycles. The van der Waals surface area contributed by atoms with E-state index in [-0.39, 0.29) is 12.2 Å². The van der Waals surface area contributed by atoms with Crippen LogP contribution < -0.4 is 5.32 Å². The topological polar surface area (TPSA) is 113 Å². The highest BCUT2D eigenvalue weighted by atomic mass is 16.6. The zero-order valence-electron chi connectivity index (χ0n) is 11.9. The first-order chi connectivity index (χ1) is 10.4. The third kappa shape index (κ3) is 6.14. The molecule has 0 radical (unpaired) electrons. The molecule has 8 nitrogen and oxygen atoms in total. The van der Waals surface area contributed by atoms with Gasteiger partial charge in [0, 0.05) is 25.2 Å². The fourth-order valence-electron chi connectivity index (χ4n) is 1.83. The molecule has 0 atom stereocenters. The quantitative estimate of drug-likeness (QED) is 0.396. The van der Waals surface area contributed by atoms with Gasteiger partial charge in [-0.2, -0.15) is 0 Å². The number of amides is 1. The van der Waals surface area contributed by atoms with Gasteiger partial charge in [-0.1, -0.05) is 18.2 Å². The number of nitrogens with one attached hydrogen (secondary N) is 1. The molecule has 0 aliphatic carbocycles. The Labute approximate surface area is 127 Å². The molecule has 8 heteroatoms. The van der Waals surface area contributed by atoms with Gasteiger partial charge in [-0.3, -0.25) is 24.6 Å². The van der Waals surface area contributed by atoms with Crippen LogP contribution in [0.4, 0.5) is 5.69 Å². The predicted molar refractivity (Wildman–Crippen MR) is 79.2 cm³/mol. The van der Waals surface area contributed by atoms with E-state index < -0.39 is 23.3 Å². The summed E-state index contributed by atoms with van der Waals surface area (Å²) in [7, 11) is 0. The fourth-order valence-corrected chi connectivity index (χ4v) is 1.83. The number of benzene rings is 1. The van der Waals surface area contributed by atoms with Gasteiger partial charge in [0.1, 0.15) is 6.54 Å². The molecule has 0 bridgehead atoms. The van der Waals surface area contributed by atoms with Crippen LogP contribution >= 0.6 is 0 Å². The highest BCUT2D eigenvalue weighted by Gasteiger charge is 2.13. The standard InChI is InChI=1S/C14H17N3O5/c1-2-6-16(10-13(18)15-8-14(19)20)9-11-4-3-5-12(7-11)17(21)22/h2-5,7H,1,6,8-10H2,(H,15,18)(H,19,20). The Morgan fingerprint density at radius 3 is 2.77 bits per heavy atom. The normalized spacial score (nSPS) is 10.2. The van der Waals surface area contributed by atoms with Crippen molar-refractivity contribution in [2.45, 2.75) is 6.54 Å². The summed E-state index contributed by atoms with van der Waals surface area (Å²) in [5.41, 5.74) is 0.661. The van der Waals surface area contributed by atoms with Crippen LogP contribution in [0.3, 0.4) is 0 Å². The Hall–Kier alpha value is -2.74. The van der Waals surface area contributed by atoms with Gasteiger partial charge in [0.15, 0.2) is 0 Å². The van der Waals surface area contributed by atoms with Crippen LogP contribution in [-0.2, 0) is 16.1 Å². The SMILES string of the molecule is C=CCN(CC(=O)NCC(=O)O)Cc1cccc([N+](=O)[O-])c1. The van der Waals surface area contributed by atoms with Crippen LogP contribution in [0.1, 0.15) is 5.56 Å². The third-order valence-corrected chi connectivity index (χ3v) is 2.72. The molecular weight excluding hydrogens is 290 g/mol. The molecule has 1 aromatic rings. The van der Waals surface area contributed by atoms with Crippen LogP contribution in [0.2, 0.25) is 0 Å². The molecule has 2 N–H and O–H groups in total. The number of aliphatic carboxylic acids is 1. The monoisotopic (exact) mass is 307 g/mol. The van der Waals surface area contributed by atoms with Crippen LogP contribution in [-0.4, -0.2) is 46.4 Å². The number of carbonyl (C=O) groups excluding carboxylic acids is 1. The maximum absolute atomic E-state index is 11.6. The van der Waals surface area contributed by atoms with E-state index in [0.29, 0.717) is 18.7 Å². The van der Waals surface area contributed by atoms with Crippen molar-refractivity contribution in [2.75, 3.05) is 19.6 Å². The largest absolute Gasteiger partial charge is 0.480 e. The smallest absolute Gasteiger partial charge is 0.322 e. The zero-order chi connectivity index (χ0) is 16.5. The number of carboxylic acids is 1. The van der Waals surface area contributed by atoms with Gasteiger partial charge >= 0.3 is 5.97 Å². The second-order valence-electron chi connectivity index (χ2n) is 4.56. The number of carboxylic acid groups (broad SMARTS) is 1. The molecule has 0 aromatic heterocycles.